The molecule has 1 aliphatic heterocycles. The predicted molar refractivity (Wildman–Crippen MR) is 137 cm³/mol. The number of nitro groups is 1. The van der Waals surface area contributed by atoms with E-state index in [4.69, 9.17) is 14.1 Å². The summed E-state index contributed by atoms with van der Waals surface area (Å²) in [5.41, 5.74) is 3.17. The molecule has 2 fully saturated rings. The Morgan fingerprint density at radius 2 is 1.86 bits per heavy atom. The van der Waals surface area contributed by atoms with Gasteiger partial charge < -0.3 is 23.9 Å². The highest BCUT2D eigenvalue weighted by molar-refractivity contribution is 6.06. The van der Waals surface area contributed by atoms with E-state index in [-0.39, 0.29) is 11.3 Å². The van der Waals surface area contributed by atoms with Gasteiger partial charge in [-0.3, -0.25) is 14.9 Å². The number of amides is 1. The van der Waals surface area contributed by atoms with Crippen LogP contribution in [0.4, 0.5) is 17.3 Å². The van der Waals surface area contributed by atoms with Crippen molar-refractivity contribution in [2.45, 2.75) is 64.3 Å². The number of furan rings is 1. The van der Waals surface area contributed by atoms with Crippen LogP contribution in [0.2, 0.25) is 0 Å². The van der Waals surface area contributed by atoms with Crippen molar-refractivity contribution in [2.24, 2.45) is 0 Å². The van der Waals surface area contributed by atoms with Crippen molar-refractivity contribution >= 4 is 34.2 Å². The smallest absolute Gasteiger partial charge is 0.395 e. The average Bonchev–Trinajstić information content (AvgIpc) is 3.50. The summed E-state index contributed by atoms with van der Waals surface area (Å²) in [7, 11) is 0. The van der Waals surface area contributed by atoms with E-state index in [2.05, 4.69) is 41.6 Å². The Morgan fingerprint density at radius 3 is 2.50 bits per heavy atom. The summed E-state index contributed by atoms with van der Waals surface area (Å²) >= 11 is 0. The maximum absolute atomic E-state index is 13.0. The van der Waals surface area contributed by atoms with Gasteiger partial charge in [0.25, 0.3) is 5.91 Å². The van der Waals surface area contributed by atoms with E-state index in [1.165, 1.54) is 31.4 Å². The van der Waals surface area contributed by atoms with Crippen LogP contribution in [0.25, 0.3) is 11.0 Å². The molecule has 36 heavy (non-hydrogen) atoms. The largest absolute Gasteiger partial charge is 0.433 e. The average molecular weight is 496 g/mol. The molecule has 0 bridgehead atoms. The van der Waals surface area contributed by atoms with Gasteiger partial charge in [0.05, 0.1) is 41.7 Å². The van der Waals surface area contributed by atoms with Gasteiger partial charge in [-0.15, -0.1) is 0 Å². The van der Waals surface area contributed by atoms with Crippen molar-refractivity contribution < 1.29 is 18.9 Å². The molecule has 0 radical (unpaired) electrons. The number of rotatable bonds is 5. The third-order valence-electron chi connectivity index (χ3n) is 7.03. The van der Waals surface area contributed by atoms with Crippen molar-refractivity contribution in [2.75, 3.05) is 36.5 Å². The van der Waals surface area contributed by atoms with Gasteiger partial charge >= 0.3 is 5.88 Å². The Morgan fingerprint density at radius 1 is 1.14 bits per heavy atom. The van der Waals surface area contributed by atoms with Crippen LogP contribution >= 0.6 is 0 Å². The number of nitrogens with zero attached hydrogens (tertiary/aromatic N) is 4. The molecule has 1 aliphatic carbocycles. The fraction of sp³-hybridized carbons (Fsp3) is 0.538. The molecular formula is C26H33N5O5. The number of aromatic nitrogens is 2. The van der Waals surface area contributed by atoms with Crippen molar-refractivity contribution in [3.05, 3.63) is 46.0 Å². The molecule has 3 heterocycles. The molecule has 0 unspecified atom stereocenters. The highest BCUT2D eigenvalue weighted by atomic mass is 16.6. The van der Waals surface area contributed by atoms with Crippen LogP contribution in [0, 0.1) is 10.1 Å². The molecule has 192 valence electrons. The molecule has 10 heteroatoms. The molecule has 10 nitrogen and oxygen atoms in total. The topological polar surface area (TPSA) is 116 Å². The SMILES string of the molecule is CC(C)(C)n1c(C2CCCCC2)nc2cc(NC(=O)c3ccc([N+](=O)[O-])o3)c(N3CCOCC3)cc21. The zero-order valence-corrected chi connectivity index (χ0v) is 21.1. The van der Waals surface area contributed by atoms with Gasteiger partial charge in [0.2, 0.25) is 0 Å². The lowest BCUT2D eigenvalue weighted by atomic mass is 9.88. The van der Waals surface area contributed by atoms with E-state index in [0.717, 1.165) is 35.4 Å². The number of anilines is 2. The number of imidazole rings is 1. The van der Waals surface area contributed by atoms with Gasteiger partial charge in [-0.05, 0) is 51.8 Å². The zero-order chi connectivity index (χ0) is 25.4. The van der Waals surface area contributed by atoms with Gasteiger partial charge in [0.1, 0.15) is 10.7 Å². The third-order valence-corrected chi connectivity index (χ3v) is 7.03. The first-order valence-corrected chi connectivity index (χ1v) is 12.7. The monoisotopic (exact) mass is 495 g/mol. The quantitative estimate of drug-likeness (QED) is 0.371. The maximum Gasteiger partial charge on any atom is 0.433 e. The summed E-state index contributed by atoms with van der Waals surface area (Å²) in [6.45, 7) is 9.19. The molecule has 2 aliphatic rings. The minimum absolute atomic E-state index is 0.113. The van der Waals surface area contributed by atoms with E-state index in [1.807, 2.05) is 6.07 Å². The van der Waals surface area contributed by atoms with Gasteiger partial charge in [0.15, 0.2) is 5.76 Å². The second-order valence-corrected chi connectivity index (χ2v) is 10.6. The summed E-state index contributed by atoms with van der Waals surface area (Å²) in [5, 5.41) is 13.9. The van der Waals surface area contributed by atoms with Crippen molar-refractivity contribution in [1.29, 1.82) is 0 Å². The summed E-state index contributed by atoms with van der Waals surface area (Å²) in [6.07, 6.45) is 5.98. The molecule has 1 saturated carbocycles. The Labute approximate surface area is 209 Å². The molecule has 2 aromatic heterocycles. The molecule has 0 spiro atoms. The van der Waals surface area contributed by atoms with Crippen molar-refractivity contribution in [1.82, 2.24) is 9.55 Å². The van der Waals surface area contributed by atoms with Gasteiger partial charge in [0, 0.05) is 24.5 Å². The minimum atomic E-state index is -0.659. The number of benzene rings is 1. The Kier molecular flexibility index (Phi) is 6.46. The molecule has 1 aromatic carbocycles. The van der Waals surface area contributed by atoms with Crippen LogP contribution < -0.4 is 10.2 Å². The lowest BCUT2D eigenvalue weighted by molar-refractivity contribution is -0.402. The van der Waals surface area contributed by atoms with Crippen molar-refractivity contribution in [3.8, 4) is 0 Å². The second kappa shape index (κ2) is 9.57. The molecule has 0 atom stereocenters. The van der Waals surface area contributed by atoms with Crippen molar-refractivity contribution in [3.63, 3.8) is 0 Å². The van der Waals surface area contributed by atoms with Crippen LogP contribution in [-0.4, -0.2) is 46.7 Å². The second-order valence-electron chi connectivity index (χ2n) is 10.6. The molecule has 5 rings (SSSR count). The minimum Gasteiger partial charge on any atom is -0.395 e. The standard InChI is InChI=1S/C26H33N5O5/c1-26(2,3)30-21-16-20(29-11-13-35-14-12-29)18(28-25(32)22-9-10-23(36-22)31(33)34)15-19(21)27-24(30)17-7-5-4-6-8-17/h9-10,15-17H,4-8,11-14H2,1-3H3,(H,28,32). The van der Waals surface area contributed by atoms with Crippen LogP contribution in [0.3, 0.4) is 0 Å². The highest BCUT2D eigenvalue weighted by Gasteiger charge is 2.29. The van der Waals surface area contributed by atoms with E-state index < -0.39 is 16.7 Å². The van der Waals surface area contributed by atoms with Gasteiger partial charge in [-0.25, -0.2) is 4.98 Å². The summed E-state index contributed by atoms with van der Waals surface area (Å²) in [4.78, 5) is 30.7. The first kappa shape index (κ1) is 24.3. The number of carbonyl (C=O) groups excluding carboxylic acids is 1. The number of nitrogens with one attached hydrogen (secondary N) is 1. The number of ether oxygens (including phenoxy) is 1. The third kappa shape index (κ3) is 4.69. The Bertz CT molecular complexity index is 1280. The number of morpholine rings is 1. The van der Waals surface area contributed by atoms with E-state index in [1.54, 1.807) is 0 Å². The lowest BCUT2D eigenvalue weighted by Crippen LogP contribution is -2.37. The Balaban J connectivity index is 1.60. The molecule has 1 N–H and O–H groups in total. The Hall–Kier alpha value is -3.40. The zero-order valence-electron chi connectivity index (χ0n) is 21.1. The predicted octanol–water partition coefficient (Wildman–Crippen LogP) is 5.43. The molecular weight excluding hydrogens is 462 g/mol. The fourth-order valence-electron chi connectivity index (χ4n) is 5.37. The summed E-state index contributed by atoms with van der Waals surface area (Å²) < 4.78 is 13.1. The fourth-order valence-corrected chi connectivity index (χ4v) is 5.37. The molecule has 3 aromatic rings. The first-order valence-electron chi connectivity index (χ1n) is 12.7. The number of carbonyl (C=O) groups is 1. The van der Waals surface area contributed by atoms with Crippen LogP contribution in [-0.2, 0) is 10.3 Å². The first-order chi connectivity index (χ1) is 17.2. The van der Waals surface area contributed by atoms with Crippen LogP contribution in [0.15, 0.2) is 28.7 Å². The number of hydrogen-bond donors (Lipinski definition) is 1. The van der Waals surface area contributed by atoms with Crippen LogP contribution in [0.5, 0.6) is 0 Å². The lowest BCUT2D eigenvalue weighted by Gasteiger charge is -2.32. The van der Waals surface area contributed by atoms with E-state index >= 15 is 0 Å². The normalized spacial score (nSPS) is 17.5. The van der Waals surface area contributed by atoms with E-state index in [9.17, 15) is 14.9 Å². The van der Waals surface area contributed by atoms with Crippen LogP contribution in [0.1, 0.15) is 75.2 Å². The number of hydrogen-bond acceptors (Lipinski definition) is 7. The van der Waals surface area contributed by atoms with E-state index in [0.29, 0.717) is 37.9 Å². The molecule has 1 amide bonds. The molecule has 1 saturated heterocycles. The summed E-state index contributed by atoms with van der Waals surface area (Å²) in [5.74, 6) is 0.400. The number of fused-ring (bicyclic) bond motifs is 1. The van der Waals surface area contributed by atoms with Gasteiger partial charge in [-0.1, -0.05) is 19.3 Å². The van der Waals surface area contributed by atoms with Gasteiger partial charge in [-0.2, -0.15) is 0 Å². The maximum atomic E-state index is 13.0. The highest BCUT2D eigenvalue weighted by Crippen LogP contribution is 2.40. The summed E-state index contributed by atoms with van der Waals surface area (Å²) in [6, 6.07) is 6.54.